The van der Waals surface area contributed by atoms with Crippen molar-refractivity contribution in [2.45, 2.75) is 25.7 Å². The zero-order chi connectivity index (χ0) is 9.47. The van der Waals surface area contributed by atoms with E-state index in [1.807, 2.05) is 12.1 Å². The summed E-state index contributed by atoms with van der Waals surface area (Å²) in [5, 5.41) is 12.8. The standard InChI is InChI=1S/C11H15NO/c1-3-11(2)7-12-10-5-4-8(13)6-9(10)11/h4-6,12-13H,3,7H2,1-2H3/t11-/m0/s1. The van der Waals surface area contributed by atoms with Gasteiger partial charge in [0.25, 0.3) is 0 Å². The Morgan fingerprint density at radius 2 is 2.31 bits per heavy atom. The highest BCUT2D eigenvalue weighted by Gasteiger charge is 2.32. The lowest BCUT2D eigenvalue weighted by molar-refractivity contribution is 0.466. The smallest absolute Gasteiger partial charge is 0.116 e. The van der Waals surface area contributed by atoms with Crippen LogP contribution < -0.4 is 5.32 Å². The first kappa shape index (κ1) is 8.42. The fraction of sp³-hybridized carbons (Fsp3) is 0.455. The first-order valence-electron chi connectivity index (χ1n) is 4.73. The second kappa shape index (κ2) is 2.66. The third kappa shape index (κ3) is 1.17. The molecule has 0 saturated carbocycles. The summed E-state index contributed by atoms with van der Waals surface area (Å²) in [5.41, 5.74) is 2.60. The van der Waals surface area contributed by atoms with Crippen molar-refractivity contribution in [3.63, 3.8) is 0 Å². The van der Waals surface area contributed by atoms with Gasteiger partial charge < -0.3 is 10.4 Å². The minimum absolute atomic E-state index is 0.189. The molecular formula is C11H15NO. The summed E-state index contributed by atoms with van der Waals surface area (Å²) in [5.74, 6) is 0.363. The van der Waals surface area contributed by atoms with Crippen molar-refractivity contribution in [2.24, 2.45) is 0 Å². The highest BCUT2D eigenvalue weighted by atomic mass is 16.3. The number of rotatable bonds is 1. The van der Waals surface area contributed by atoms with Crippen LogP contribution in [0.15, 0.2) is 18.2 Å². The Balaban J connectivity index is 2.52. The summed E-state index contributed by atoms with van der Waals surface area (Å²) in [4.78, 5) is 0. The van der Waals surface area contributed by atoms with Gasteiger partial charge in [0.15, 0.2) is 0 Å². The maximum Gasteiger partial charge on any atom is 0.116 e. The Labute approximate surface area is 78.6 Å². The number of hydrogen-bond donors (Lipinski definition) is 2. The molecule has 0 unspecified atom stereocenters. The van der Waals surface area contributed by atoms with E-state index >= 15 is 0 Å². The van der Waals surface area contributed by atoms with E-state index in [1.165, 1.54) is 11.3 Å². The average molecular weight is 177 g/mol. The second-order valence-electron chi connectivity index (χ2n) is 4.00. The minimum Gasteiger partial charge on any atom is -0.508 e. The number of hydrogen-bond acceptors (Lipinski definition) is 2. The van der Waals surface area contributed by atoms with Gasteiger partial charge in [-0.1, -0.05) is 13.8 Å². The fourth-order valence-corrected chi connectivity index (χ4v) is 1.89. The lowest BCUT2D eigenvalue weighted by Crippen LogP contribution is -2.22. The molecule has 0 aromatic heterocycles. The van der Waals surface area contributed by atoms with Crippen LogP contribution in [0, 0.1) is 0 Å². The van der Waals surface area contributed by atoms with Gasteiger partial charge in [0.05, 0.1) is 0 Å². The molecular weight excluding hydrogens is 162 g/mol. The summed E-state index contributed by atoms with van der Waals surface area (Å²) in [6.45, 7) is 5.38. The van der Waals surface area contributed by atoms with Crippen LogP contribution in [0.1, 0.15) is 25.8 Å². The third-order valence-corrected chi connectivity index (χ3v) is 3.10. The molecule has 1 aromatic rings. The van der Waals surface area contributed by atoms with Gasteiger partial charge in [-0.25, -0.2) is 0 Å². The molecule has 0 saturated heterocycles. The van der Waals surface area contributed by atoms with Gasteiger partial charge in [-0.05, 0) is 30.2 Å². The Morgan fingerprint density at radius 3 is 3.00 bits per heavy atom. The van der Waals surface area contributed by atoms with Crippen molar-refractivity contribution in [3.05, 3.63) is 23.8 Å². The van der Waals surface area contributed by atoms with Gasteiger partial charge in [0, 0.05) is 17.6 Å². The van der Waals surface area contributed by atoms with E-state index in [1.54, 1.807) is 6.07 Å². The molecule has 0 amide bonds. The fourth-order valence-electron chi connectivity index (χ4n) is 1.89. The van der Waals surface area contributed by atoms with Crippen molar-refractivity contribution in [1.29, 1.82) is 0 Å². The van der Waals surface area contributed by atoms with E-state index in [2.05, 4.69) is 19.2 Å². The molecule has 2 N–H and O–H groups in total. The minimum atomic E-state index is 0.189. The zero-order valence-corrected chi connectivity index (χ0v) is 8.09. The molecule has 13 heavy (non-hydrogen) atoms. The lowest BCUT2D eigenvalue weighted by Gasteiger charge is -2.21. The number of benzene rings is 1. The van der Waals surface area contributed by atoms with Crippen LogP contribution >= 0.6 is 0 Å². The first-order chi connectivity index (χ1) is 6.15. The maximum absolute atomic E-state index is 9.40. The second-order valence-corrected chi connectivity index (χ2v) is 4.00. The molecule has 70 valence electrons. The van der Waals surface area contributed by atoms with E-state index < -0.39 is 0 Å². The Hall–Kier alpha value is -1.18. The van der Waals surface area contributed by atoms with Crippen LogP contribution in [-0.2, 0) is 5.41 Å². The lowest BCUT2D eigenvalue weighted by atomic mass is 9.82. The van der Waals surface area contributed by atoms with Crippen molar-refractivity contribution in [2.75, 3.05) is 11.9 Å². The molecule has 0 fully saturated rings. The topological polar surface area (TPSA) is 32.3 Å². The molecule has 1 aromatic carbocycles. The predicted molar refractivity (Wildman–Crippen MR) is 54.2 cm³/mol. The van der Waals surface area contributed by atoms with E-state index in [9.17, 15) is 5.11 Å². The van der Waals surface area contributed by atoms with Crippen LogP contribution in [0.3, 0.4) is 0 Å². The van der Waals surface area contributed by atoms with Gasteiger partial charge in [-0.15, -0.1) is 0 Å². The summed E-state index contributed by atoms with van der Waals surface area (Å²) in [6.07, 6.45) is 1.09. The molecule has 1 aliphatic heterocycles. The molecule has 0 radical (unpaired) electrons. The number of phenols is 1. The molecule has 2 nitrogen and oxygen atoms in total. The number of fused-ring (bicyclic) bond motifs is 1. The number of anilines is 1. The van der Waals surface area contributed by atoms with Crippen LogP contribution in [0.25, 0.3) is 0 Å². The number of phenolic OH excluding ortho intramolecular Hbond substituents is 1. The first-order valence-corrected chi connectivity index (χ1v) is 4.73. The van der Waals surface area contributed by atoms with Crippen LogP contribution in [0.4, 0.5) is 5.69 Å². The van der Waals surface area contributed by atoms with E-state index in [0.717, 1.165) is 13.0 Å². The van der Waals surface area contributed by atoms with Crippen LogP contribution in [0.5, 0.6) is 5.75 Å². The van der Waals surface area contributed by atoms with E-state index in [4.69, 9.17) is 0 Å². The quantitative estimate of drug-likeness (QED) is 0.646. The van der Waals surface area contributed by atoms with Gasteiger partial charge in [-0.3, -0.25) is 0 Å². The van der Waals surface area contributed by atoms with Gasteiger partial charge in [0.2, 0.25) is 0 Å². The van der Waals surface area contributed by atoms with E-state index in [-0.39, 0.29) is 5.41 Å². The normalized spacial score (nSPS) is 25.4. The molecule has 0 spiro atoms. The van der Waals surface area contributed by atoms with Crippen molar-refractivity contribution in [1.82, 2.24) is 0 Å². The van der Waals surface area contributed by atoms with Gasteiger partial charge >= 0.3 is 0 Å². The highest BCUT2D eigenvalue weighted by molar-refractivity contribution is 5.62. The molecule has 0 aliphatic carbocycles. The summed E-state index contributed by atoms with van der Waals surface area (Å²) < 4.78 is 0. The van der Waals surface area contributed by atoms with Crippen molar-refractivity contribution in [3.8, 4) is 5.75 Å². The summed E-state index contributed by atoms with van der Waals surface area (Å²) in [6, 6.07) is 5.55. The molecule has 2 heteroatoms. The van der Waals surface area contributed by atoms with Crippen LogP contribution in [0.2, 0.25) is 0 Å². The Bertz CT molecular complexity index is 335. The molecule has 1 aliphatic rings. The monoisotopic (exact) mass is 177 g/mol. The van der Waals surface area contributed by atoms with Crippen molar-refractivity contribution < 1.29 is 5.11 Å². The molecule has 0 bridgehead atoms. The van der Waals surface area contributed by atoms with Crippen molar-refractivity contribution >= 4 is 5.69 Å². The summed E-state index contributed by atoms with van der Waals surface area (Å²) in [7, 11) is 0. The maximum atomic E-state index is 9.40. The third-order valence-electron chi connectivity index (χ3n) is 3.10. The summed E-state index contributed by atoms with van der Waals surface area (Å²) >= 11 is 0. The molecule has 2 rings (SSSR count). The highest BCUT2D eigenvalue weighted by Crippen LogP contribution is 2.40. The number of aromatic hydroxyl groups is 1. The Morgan fingerprint density at radius 1 is 1.54 bits per heavy atom. The van der Waals surface area contributed by atoms with E-state index in [0.29, 0.717) is 5.75 Å². The molecule has 1 heterocycles. The largest absolute Gasteiger partial charge is 0.508 e. The van der Waals surface area contributed by atoms with Crippen LogP contribution in [-0.4, -0.2) is 11.7 Å². The van der Waals surface area contributed by atoms with Gasteiger partial charge in [-0.2, -0.15) is 0 Å². The zero-order valence-electron chi connectivity index (χ0n) is 8.09. The SMILES string of the molecule is CC[C@@]1(C)CNc2ccc(O)cc21. The number of nitrogens with one attached hydrogen (secondary N) is 1. The van der Waals surface area contributed by atoms with Gasteiger partial charge in [0.1, 0.15) is 5.75 Å². The predicted octanol–water partition coefficient (Wildman–Crippen LogP) is 2.49. The Kier molecular flexibility index (Phi) is 1.72. The average Bonchev–Trinajstić information content (AvgIpc) is 2.45. The molecule has 1 atom stereocenters.